The fourth-order valence-electron chi connectivity index (χ4n) is 2.44. The summed E-state index contributed by atoms with van der Waals surface area (Å²) < 4.78 is 1.26. The van der Waals surface area contributed by atoms with Crippen molar-refractivity contribution in [1.82, 2.24) is 10.2 Å². The second kappa shape index (κ2) is 7.04. The Labute approximate surface area is 123 Å². The highest BCUT2D eigenvalue weighted by Gasteiger charge is 2.19. The van der Waals surface area contributed by atoms with Gasteiger partial charge in [-0.25, -0.2) is 0 Å². The Morgan fingerprint density at radius 2 is 2.33 bits per heavy atom. The van der Waals surface area contributed by atoms with Gasteiger partial charge in [-0.3, -0.25) is 4.90 Å². The van der Waals surface area contributed by atoms with Crippen LogP contribution in [0.5, 0.6) is 0 Å². The molecule has 1 aliphatic heterocycles. The van der Waals surface area contributed by atoms with Gasteiger partial charge in [-0.1, -0.05) is 6.42 Å². The van der Waals surface area contributed by atoms with Gasteiger partial charge >= 0.3 is 0 Å². The molecule has 2 heterocycles. The quantitative estimate of drug-likeness (QED) is 0.881. The summed E-state index contributed by atoms with van der Waals surface area (Å²) in [5.41, 5.74) is 0. The minimum Gasteiger partial charge on any atom is -0.313 e. The highest BCUT2D eigenvalue weighted by Crippen LogP contribution is 2.25. The molecule has 1 unspecified atom stereocenters. The number of thiophene rings is 1. The van der Waals surface area contributed by atoms with Crippen LogP contribution in [0.25, 0.3) is 0 Å². The summed E-state index contributed by atoms with van der Waals surface area (Å²) in [7, 11) is 0. The number of rotatable bonds is 5. The van der Waals surface area contributed by atoms with Gasteiger partial charge in [-0.05, 0) is 60.6 Å². The highest BCUT2D eigenvalue weighted by atomic mass is 79.9. The number of hydrogen-bond acceptors (Lipinski definition) is 3. The van der Waals surface area contributed by atoms with Crippen LogP contribution >= 0.6 is 27.3 Å². The molecular weight excluding hydrogens is 308 g/mol. The standard InChI is InChI=1S/C14H23BrN2S/c1-11(2)17(9-12-5-3-4-7-16-12)10-14-13(15)6-8-18-14/h6,8,11-12,16H,3-5,7,9-10H2,1-2H3. The van der Waals surface area contributed by atoms with E-state index in [1.165, 1.54) is 41.7 Å². The van der Waals surface area contributed by atoms with E-state index in [1.54, 1.807) is 0 Å². The van der Waals surface area contributed by atoms with Crippen molar-refractivity contribution in [2.24, 2.45) is 0 Å². The second-order valence-corrected chi connectivity index (χ2v) is 7.22. The average Bonchev–Trinajstić information content (AvgIpc) is 2.75. The third kappa shape index (κ3) is 4.05. The van der Waals surface area contributed by atoms with Crippen molar-refractivity contribution in [3.8, 4) is 0 Å². The molecule has 18 heavy (non-hydrogen) atoms. The molecular formula is C14H23BrN2S. The zero-order chi connectivity index (χ0) is 13.0. The van der Waals surface area contributed by atoms with Crippen LogP contribution in [-0.2, 0) is 6.54 Å². The van der Waals surface area contributed by atoms with E-state index in [0.717, 1.165) is 6.54 Å². The van der Waals surface area contributed by atoms with Crippen LogP contribution in [0.2, 0.25) is 0 Å². The topological polar surface area (TPSA) is 15.3 Å². The largest absolute Gasteiger partial charge is 0.313 e. The Kier molecular flexibility index (Phi) is 5.67. The van der Waals surface area contributed by atoms with Gasteiger partial charge in [0.25, 0.3) is 0 Å². The highest BCUT2D eigenvalue weighted by molar-refractivity contribution is 9.10. The van der Waals surface area contributed by atoms with Crippen molar-refractivity contribution in [2.75, 3.05) is 13.1 Å². The molecule has 1 aromatic heterocycles. The molecule has 1 aliphatic rings. The summed E-state index contributed by atoms with van der Waals surface area (Å²) in [6, 6.07) is 3.43. The molecule has 1 aromatic rings. The molecule has 102 valence electrons. The van der Waals surface area contributed by atoms with Crippen molar-refractivity contribution >= 4 is 27.3 Å². The summed E-state index contributed by atoms with van der Waals surface area (Å²) in [6.45, 7) is 8.02. The number of nitrogens with zero attached hydrogens (tertiary/aromatic N) is 1. The second-order valence-electron chi connectivity index (χ2n) is 5.36. The normalized spacial score (nSPS) is 20.8. The average molecular weight is 331 g/mol. The maximum Gasteiger partial charge on any atom is 0.0342 e. The number of nitrogens with one attached hydrogen (secondary N) is 1. The Morgan fingerprint density at radius 1 is 1.50 bits per heavy atom. The van der Waals surface area contributed by atoms with Crippen molar-refractivity contribution in [1.29, 1.82) is 0 Å². The first-order chi connectivity index (χ1) is 8.66. The molecule has 0 saturated carbocycles. The lowest BCUT2D eigenvalue weighted by atomic mass is 10.0. The third-order valence-electron chi connectivity index (χ3n) is 3.64. The van der Waals surface area contributed by atoms with Gasteiger partial charge in [0.15, 0.2) is 0 Å². The van der Waals surface area contributed by atoms with Crippen LogP contribution in [-0.4, -0.2) is 30.1 Å². The van der Waals surface area contributed by atoms with Crippen molar-refractivity contribution in [2.45, 2.75) is 51.7 Å². The molecule has 1 N–H and O–H groups in total. The van der Waals surface area contributed by atoms with E-state index in [0.29, 0.717) is 12.1 Å². The lowest BCUT2D eigenvalue weighted by Crippen LogP contribution is -2.45. The SMILES string of the molecule is CC(C)N(Cc1sccc1Br)CC1CCCCN1. The molecule has 2 rings (SSSR count). The van der Waals surface area contributed by atoms with E-state index in [4.69, 9.17) is 0 Å². The van der Waals surface area contributed by atoms with E-state index in [1.807, 2.05) is 11.3 Å². The summed E-state index contributed by atoms with van der Waals surface area (Å²) in [5.74, 6) is 0. The van der Waals surface area contributed by atoms with Crippen LogP contribution in [0.3, 0.4) is 0 Å². The Balaban J connectivity index is 1.93. The van der Waals surface area contributed by atoms with Gasteiger partial charge in [0.05, 0.1) is 0 Å². The summed E-state index contributed by atoms with van der Waals surface area (Å²) in [6.07, 6.45) is 4.05. The summed E-state index contributed by atoms with van der Waals surface area (Å²) in [5, 5.41) is 5.81. The first-order valence-corrected chi connectivity index (χ1v) is 8.53. The van der Waals surface area contributed by atoms with Crippen LogP contribution in [0.4, 0.5) is 0 Å². The lowest BCUT2D eigenvalue weighted by Gasteiger charge is -2.33. The van der Waals surface area contributed by atoms with Crippen LogP contribution in [0, 0.1) is 0 Å². The van der Waals surface area contributed by atoms with Gasteiger partial charge in [0, 0.05) is 34.5 Å². The summed E-state index contributed by atoms with van der Waals surface area (Å²) in [4.78, 5) is 4.03. The predicted molar refractivity (Wildman–Crippen MR) is 83.2 cm³/mol. The molecule has 0 bridgehead atoms. The molecule has 1 atom stereocenters. The van der Waals surface area contributed by atoms with Gasteiger partial charge in [-0.15, -0.1) is 11.3 Å². The fraction of sp³-hybridized carbons (Fsp3) is 0.714. The molecule has 1 saturated heterocycles. The van der Waals surface area contributed by atoms with Crippen LogP contribution in [0.15, 0.2) is 15.9 Å². The first kappa shape index (κ1) is 14.5. The zero-order valence-electron chi connectivity index (χ0n) is 11.3. The van der Waals surface area contributed by atoms with Crippen molar-refractivity contribution in [3.05, 3.63) is 20.8 Å². The third-order valence-corrected chi connectivity index (χ3v) is 5.55. The monoisotopic (exact) mass is 330 g/mol. The number of hydrogen-bond donors (Lipinski definition) is 1. The molecule has 0 amide bonds. The fourth-order valence-corrected chi connectivity index (χ4v) is 3.95. The minimum absolute atomic E-state index is 0.600. The molecule has 1 fully saturated rings. The van der Waals surface area contributed by atoms with E-state index < -0.39 is 0 Å². The molecule has 0 radical (unpaired) electrons. The molecule has 2 nitrogen and oxygen atoms in total. The lowest BCUT2D eigenvalue weighted by molar-refractivity contribution is 0.178. The maximum atomic E-state index is 3.65. The first-order valence-electron chi connectivity index (χ1n) is 6.86. The summed E-state index contributed by atoms with van der Waals surface area (Å²) >= 11 is 5.49. The van der Waals surface area contributed by atoms with Gasteiger partial charge in [0.1, 0.15) is 0 Å². The van der Waals surface area contributed by atoms with Crippen molar-refractivity contribution < 1.29 is 0 Å². The Hall–Kier alpha value is 0.1000. The molecule has 0 spiro atoms. The molecule has 0 aromatic carbocycles. The zero-order valence-corrected chi connectivity index (χ0v) is 13.7. The molecule has 4 heteroatoms. The number of halogens is 1. The van der Waals surface area contributed by atoms with Crippen molar-refractivity contribution in [3.63, 3.8) is 0 Å². The van der Waals surface area contributed by atoms with E-state index >= 15 is 0 Å². The van der Waals surface area contributed by atoms with E-state index in [9.17, 15) is 0 Å². The van der Waals surface area contributed by atoms with E-state index in [-0.39, 0.29) is 0 Å². The smallest absolute Gasteiger partial charge is 0.0342 e. The Morgan fingerprint density at radius 3 is 2.89 bits per heavy atom. The van der Waals surface area contributed by atoms with Gasteiger partial charge in [-0.2, -0.15) is 0 Å². The minimum atomic E-state index is 0.600. The predicted octanol–water partition coefficient (Wildman–Crippen LogP) is 3.86. The van der Waals surface area contributed by atoms with E-state index in [2.05, 4.69) is 51.4 Å². The molecule has 0 aliphatic carbocycles. The maximum absolute atomic E-state index is 3.65. The number of piperidine rings is 1. The Bertz CT molecular complexity index is 358. The van der Waals surface area contributed by atoms with Crippen LogP contribution < -0.4 is 5.32 Å². The van der Waals surface area contributed by atoms with Gasteiger partial charge in [0.2, 0.25) is 0 Å². The van der Waals surface area contributed by atoms with Gasteiger partial charge < -0.3 is 5.32 Å². The van der Waals surface area contributed by atoms with Crippen LogP contribution in [0.1, 0.15) is 38.0 Å².